The molecule has 2 N–H and O–H groups in total. The minimum absolute atomic E-state index is 0.0439. The van der Waals surface area contributed by atoms with Crippen molar-refractivity contribution in [3.05, 3.63) is 64.0 Å². The fraction of sp³-hybridized carbons (Fsp3) is 0.125. The van der Waals surface area contributed by atoms with Crippen molar-refractivity contribution in [2.24, 2.45) is 0 Å². The topological polar surface area (TPSA) is 111 Å². The summed E-state index contributed by atoms with van der Waals surface area (Å²) >= 11 is 0. The number of nitro benzene ring substituents is 1. The van der Waals surface area contributed by atoms with E-state index in [1.54, 1.807) is 0 Å². The van der Waals surface area contributed by atoms with E-state index in [9.17, 15) is 24.1 Å². The van der Waals surface area contributed by atoms with Gasteiger partial charge in [0.2, 0.25) is 0 Å². The predicted octanol–water partition coefficient (Wildman–Crippen LogP) is 2.57. The van der Waals surface area contributed by atoms with Gasteiger partial charge in [-0.25, -0.2) is 9.18 Å². The first-order chi connectivity index (χ1) is 11.9. The highest BCUT2D eigenvalue weighted by Gasteiger charge is 2.18. The smallest absolute Gasteiger partial charge is 0.338 e. The molecule has 0 fully saturated rings. The minimum atomic E-state index is -0.908. The molecule has 0 aliphatic rings. The van der Waals surface area contributed by atoms with Crippen LogP contribution in [-0.4, -0.2) is 30.5 Å². The zero-order chi connectivity index (χ0) is 18.4. The SMILES string of the molecule is CNc1ccc(C(=O)OCC(=O)Nc2ccccc2F)cc1[N+](=O)[O-]. The van der Waals surface area contributed by atoms with Gasteiger partial charge < -0.3 is 15.4 Å². The van der Waals surface area contributed by atoms with E-state index in [0.29, 0.717) is 0 Å². The molecule has 0 aromatic heterocycles. The third kappa shape index (κ3) is 4.50. The molecule has 2 rings (SSSR count). The van der Waals surface area contributed by atoms with Gasteiger partial charge in [0.25, 0.3) is 11.6 Å². The zero-order valence-electron chi connectivity index (χ0n) is 13.1. The van der Waals surface area contributed by atoms with Gasteiger partial charge in [-0.1, -0.05) is 12.1 Å². The number of carbonyl (C=O) groups excluding carboxylic acids is 2. The fourth-order valence-electron chi connectivity index (χ4n) is 1.98. The number of amides is 1. The monoisotopic (exact) mass is 347 g/mol. The predicted molar refractivity (Wildman–Crippen MR) is 88.0 cm³/mol. The molecule has 0 radical (unpaired) electrons. The molecule has 25 heavy (non-hydrogen) atoms. The second kappa shape index (κ2) is 7.86. The van der Waals surface area contributed by atoms with Crippen LogP contribution in [0.15, 0.2) is 42.5 Å². The number of nitro groups is 1. The van der Waals surface area contributed by atoms with Crippen molar-refractivity contribution in [1.82, 2.24) is 0 Å². The van der Waals surface area contributed by atoms with E-state index < -0.39 is 29.2 Å². The van der Waals surface area contributed by atoms with Crippen LogP contribution < -0.4 is 10.6 Å². The third-order valence-corrected chi connectivity index (χ3v) is 3.18. The molecule has 0 aliphatic heterocycles. The van der Waals surface area contributed by atoms with Gasteiger partial charge in [-0.3, -0.25) is 14.9 Å². The summed E-state index contributed by atoms with van der Waals surface area (Å²) in [5.41, 5.74) is -0.187. The van der Waals surface area contributed by atoms with E-state index in [-0.39, 0.29) is 22.6 Å². The number of nitrogens with zero attached hydrogens (tertiary/aromatic N) is 1. The summed E-state index contributed by atoms with van der Waals surface area (Å²) in [6, 6.07) is 9.26. The van der Waals surface area contributed by atoms with Crippen molar-refractivity contribution in [1.29, 1.82) is 0 Å². The number of benzene rings is 2. The van der Waals surface area contributed by atoms with E-state index in [1.165, 1.54) is 43.4 Å². The van der Waals surface area contributed by atoms with Crippen LogP contribution in [0.3, 0.4) is 0 Å². The highest BCUT2D eigenvalue weighted by molar-refractivity contribution is 5.96. The number of para-hydroxylation sites is 1. The van der Waals surface area contributed by atoms with Gasteiger partial charge in [-0.2, -0.15) is 0 Å². The zero-order valence-corrected chi connectivity index (χ0v) is 13.1. The summed E-state index contributed by atoms with van der Waals surface area (Å²) in [6.07, 6.45) is 0. The first kappa shape index (κ1) is 17.9. The lowest BCUT2D eigenvalue weighted by Gasteiger charge is -2.08. The average Bonchev–Trinajstić information content (AvgIpc) is 2.61. The first-order valence-electron chi connectivity index (χ1n) is 7.10. The van der Waals surface area contributed by atoms with Crippen molar-refractivity contribution in [3.63, 3.8) is 0 Å². The van der Waals surface area contributed by atoms with Crippen LogP contribution in [-0.2, 0) is 9.53 Å². The maximum atomic E-state index is 13.4. The number of esters is 1. The van der Waals surface area contributed by atoms with E-state index in [0.717, 1.165) is 6.07 Å². The standard InChI is InChI=1S/C16H14FN3O5/c1-18-13-7-6-10(8-14(13)20(23)24)16(22)25-9-15(21)19-12-5-3-2-4-11(12)17/h2-8,18H,9H2,1H3,(H,19,21). The first-order valence-corrected chi connectivity index (χ1v) is 7.10. The number of ether oxygens (including phenoxy) is 1. The fourth-order valence-corrected chi connectivity index (χ4v) is 1.98. The van der Waals surface area contributed by atoms with Crippen molar-refractivity contribution in [2.75, 3.05) is 24.3 Å². The number of rotatable bonds is 6. The lowest BCUT2D eigenvalue weighted by molar-refractivity contribution is -0.384. The molecule has 0 saturated carbocycles. The summed E-state index contributed by atoms with van der Waals surface area (Å²) in [5.74, 6) is -2.27. The Morgan fingerprint density at radius 3 is 2.56 bits per heavy atom. The van der Waals surface area contributed by atoms with Gasteiger partial charge in [-0.05, 0) is 24.3 Å². The highest BCUT2D eigenvalue weighted by Crippen LogP contribution is 2.25. The Labute approximate surface area is 141 Å². The lowest BCUT2D eigenvalue weighted by Crippen LogP contribution is -2.21. The summed E-state index contributed by atoms with van der Waals surface area (Å²) in [6.45, 7) is -0.658. The largest absolute Gasteiger partial charge is 0.452 e. The number of halogens is 1. The van der Waals surface area contributed by atoms with Crippen molar-refractivity contribution in [3.8, 4) is 0 Å². The molecule has 0 unspecified atom stereocenters. The summed E-state index contributed by atoms with van der Waals surface area (Å²) in [4.78, 5) is 34.0. The Balaban J connectivity index is 2.00. The molecule has 0 spiro atoms. The van der Waals surface area contributed by atoms with Crippen molar-refractivity contribution < 1.29 is 23.6 Å². The Morgan fingerprint density at radius 1 is 1.20 bits per heavy atom. The van der Waals surface area contributed by atoms with Gasteiger partial charge in [0, 0.05) is 13.1 Å². The average molecular weight is 347 g/mol. The quantitative estimate of drug-likeness (QED) is 0.472. The van der Waals surface area contributed by atoms with Gasteiger partial charge in [0.15, 0.2) is 6.61 Å². The molecule has 0 atom stereocenters. The van der Waals surface area contributed by atoms with Gasteiger partial charge >= 0.3 is 5.97 Å². The molecule has 0 saturated heterocycles. The molecule has 2 aromatic rings. The number of carbonyl (C=O) groups is 2. The lowest BCUT2D eigenvalue weighted by atomic mass is 10.1. The molecule has 1 amide bonds. The molecule has 8 nitrogen and oxygen atoms in total. The van der Waals surface area contributed by atoms with E-state index >= 15 is 0 Å². The molecular weight excluding hydrogens is 333 g/mol. The van der Waals surface area contributed by atoms with Crippen LogP contribution in [0.1, 0.15) is 10.4 Å². The number of hydrogen-bond donors (Lipinski definition) is 2. The molecule has 2 aromatic carbocycles. The minimum Gasteiger partial charge on any atom is -0.452 e. The van der Waals surface area contributed by atoms with Crippen LogP contribution in [0.25, 0.3) is 0 Å². The van der Waals surface area contributed by atoms with Crippen molar-refractivity contribution >= 4 is 28.9 Å². The summed E-state index contributed by atoms with van der Waals surface area (Å²) < 4.78 is 18.2. The molecule has 130 valence electrons. The maximum absolute atomic E-state index is 13.4. The van der Waals surface area contributed by atoms with Gasteiger partial charge in [0.05, 0.1) is 16.2 Å². The Kier molecular flexibility index (Phi) is 5.62. The maximum Gasteiger partial charge on any atom is 0.338 e. The van der Waals surface area contributed by atoms with Crippen LogP contribution in [0.4, 0.5) is 21.5 Å². The third-order valence-electron chi connectivity index (χ3n) is 3.18. The van der Waals surface area contributed by atoms with E-state index in [2.05, 4.69) is 10.6 Å². The molecule has 9 heteroatoms. The van der Waals surface area contributed by atoms with Crippen LogP contribution >= 0.6 is 0 Å². The molecule has 0 aliphatic carbocycles. The Bertz CT molecular complexity index is 825. The van der Waals surface area contributed by atoms with Gasteiger partial charge in [-0.15, -0.1) is 0 Å². The molecular formula is C16H14FN3O5. The van der Waals surface area contributed by atoms with Gasteiger partial charge in [0.1, 0.15) is 11.5 Å². The van der Waals surface area contributed by atoms with Crippen LogP contribution in [0.5, 0.6) is 0 Å². The highest BCUT2D eigenvalue weighted by atomic mass is 19.1. The second-order valence-corrected chi connectivity index (χ2v) is 4.84. The van der Waals surface area contributed by atoms with Crippen LogP contribution in [0, 0.1) is 15.9 Å². The van der Waals surface area contributed by atoms with E-state index in [1.807, 2.05) is 0 Å². The molecule has 0 heterocycles. The summed E-state index contributed by atoms with van der Waals surface area (Å²) in [7, 11) is 1.51. The van der Waals surface area contributed by atoms with E-state index in [4.69, 9.17) is 4.74 Å². The van der Waals surface area contributed by atoms with Crippen molar-refractivity contribution in [2.45, 2.75) is 0 Å². The Hall–Kier alpha value is -3.49. The second-order valence-electron chi connectivity index (χ2n) is 4.84. The Morgan fingerprint density at radius 2 is 1.92 bits per heavy atom. The summed E-state index contributed by atoms with van der Waals surface area (Å²) in [5, 5.41) is 15.9. The number of nitrogens with one attached hydrogen (secondary N) is 2. The number of anilines is 2. The van der Waals surface area contributed by atoms with Crippen LogP contribution in [0.2, 0.25) is 0 Å². The normalized spacial score (nSPS) is 10.0. The molecule has 0 bridgehead atoms. The number of hydrogen-bond acceptors (Lipinski definition) is 6.